The normalized spacial score (nSPS) is 12.0. The molecule has 1 nitrogen and oxygen atoms in total. The van der Waals surface area contributed by atoms with E-state index in [-0.39, 0.29) is 0 Å². The Hall–Kier alpha value is -7.22. The van der Waals surface area contributed by atoms with Gasteiger partial charge in [0.1, 0.15) is 11.2 Å². The Labute approximate surface area is 317 Å². The minimum Gasteiger partial charge on any atom is -0.455 e. The molecule has 0 aliphatic carbocycles. The first-order chi connectivity index (χ1) is 27.3. The monoisotopic (exact) mass is 696 g/mol. The highest BCUT2D eigenvalue weighted by Crippen LogP contribution is 2.47. The van der Waals surface area contributed by atoms with Gasteiger partial charge in [0.2, 0.25) is 0 Å². The van der Waals surface area contributed by atoms with Crippen LogP contribution in [-0.4, -0.2) is 0 Å². The molecule has 0 atom stereocenters. The fourth-order valence-corrected chi connectivity index (χ4v) is 9.26. The third-order valence-corrected chi connectivity index (χ3v) is 11.8. The second kappa shape index (κ2) is 11.6. The van der Waals surface area contributed by atoms with Crippen LogP contribution in [0.25, 0.3) is 120 Å². The van der Waals surface area contributed by atoms with Gasteiger partial charge in [0.15, 0.2) is 0 Å². The first-order valence-electron chi connectivity index (χ1n) is 19.0. The third-order valence-electron chi connectivity index (χ3n) is 11.8. The van der Waals surface area contributed by atoms with Crippen LogP contribution in [0.15, 0.2) is 199 Å². The van der Waals surface area contributed by atoms with Crippen molar-refractivity contribution in [1.29, 1.82) is 0 Å². The molecular formula is C54H32O. The summed E-state index contributed by atoms with van der Waals surface area (Å²) in [4.78, 5) is 0. The maximum absolute atomic E-state index is 6.69. The van der Waals surface area contributed by atoms with E-state index in [4.69, 9.17) is 4.42 Å². The molecule has 0 saturated carbocycles. The predicted octanol–water partition coefficient (Wildman–Crippen LogP) is 15.5. The third kappa shape index (κ3) is 4.54. The molecule has 12 rings (SSSR count). The van der Waals surface area contributed by atoms with Crippen molar-refractivity contribution in [2.24, 2.45) is 0 Å². The van der Waals surface area contributed by atoms with Gasteiger partial charge in [-0.15, -0.1) is 0 Å². The van der Waals surface area contributed by atoms with E-state index in [1.54, 1.807) is 0 Å². The van der Waals surface area contributed by atoms with Crippen LogP contribution >= 0.6 is 0 Å². The summed E-state index contributed by atoms with van der Waals surface area (Å²) in [6.07, 6.45) is 0. The highest BCUT2D eigenvalue weighted by molar-refractivity contribution is 6.30. The van der Waals surface area contributed by atoms with Crippen LogP contribution in [0.5, 0.6) is 0 Å². The van der Waals surface area contributed by atoms with Crippen LogP contribution in [-0.2, 0) is 0 Å². The molecule has 0 saturated heterocycles. The maximum atomic E-state index is 6.69. The Morgan fingerprint density at radius 2 is 0.691 bits per heavy atom. The van der Waals surface area contributed by atoms with Gasteiger partial charge in [-0.25, -0.2) is 0 Å². The first kappa shape index (κ1) is 30.3. The lowest BCUT2D eigenvalue weighted by Gasteiger charge is -2.19. The molecule has 0 aliphatic heterocycles. The molecular weight excluding hydrogens is 665 g/mol. The van der Waals surface area contributed by atoms with Crippen molar-refractivity contribution >= 4 is 86.6 Å². The summed E-state index contributed by atoms with van der Waals surface area (Å²) in [6, 6.07) is 71.2. The van der Waals surface area contributed by atoms with E-state index in [9.17, 15) is 0 Å². The summed E-state index contributed by atoms with van der Waals surface area (Å²) < 4.78 is 6.69. The van der Waals surface area contributed by atoms with Crippen LogP contribution in [0.2, 0.25) is 0 Å². The minimum atomic E-state index is 0.905. The topological polar surface area (TPSA) is 13.1 Å². The Bertz CT molecular complexity index is 3550. The molecule has 0 spiro atoms. The second-order valence-electron chi connectivity index (χ2n) is 14.8. The Kier molecular flexibility index (Phi) is 6.40. The van der Waals surface area contributed by atoms with Gasteiger partial charge in [-0.2, -0.15) is 0 Å². The molecule has 0 radical (unpaired) electrons. The zero-order valence-electron chi connectivity index (χ0n) is 29.9. The molecule has 12 aromatic rings. The Morgan fingerprint density at radius 1 is 0.255 bits per heavy atom. The molecule has 55 heavy (non-hydrogen) atoms. The lowest BCUT2D eigenvalue weighted by molar-refractivity contribution is 0.673. The largest absolute Gasteiger partial charge is 0.455 e. The fourth-order valence-electron chi connectivity index (χ4n) is 9.26. The van der Waals surface area contributed by atoms with Crippen LogP contribution in [0.4, 0.5) is 0 Å². The summed E-state index contributed by atoms with van der Waals surface area (Å²) in [6.45, 7) is 0. The van der Waals surface area contributed by atoms with Crippen LogP contribution in [0.1, 0.15) is 0 Å². The fraction of sp³-hybridized carbons (Fsp3) is 0. The molecule has 0 N–H and O–H groups in total. The van der Waals surface area contributed by atoms with Gasteiger partial charge >= 0.3 is 0 Å². The molecule has 0 bridgehead atoms. The molecule has 0 aliphatic rings. The first-order valence-corrected chi connectivity index (χ1v) is 19.0. The van der Waals surface area contributed by atoms with Gasteiger partial charge < -0.3 is 4.42 Å². The van der Waals surface area contributed by atoms with E-state index in [0.717, 1.165) is 21.9 Å². The van der Waals surface area contributed by atoms with Crippen molar-refractivity contribution in [1.82, 2.24) is 0 Å². The molecule has 0 unspecified atom stereocenters. The number of benzene rings is 11. The average Bonchev–Trinajstić information content (AvgIpc) is 3.64. The summed E-state index contributed by atoms with van der Waals surface area (Å²) in [7, 11) is 0. The van der Waals surface area contributed by atoms with Crippen LogP contribution in [0.3, 0.4) is 0 Å². The number of rotatable bonds is 3. The standard InChI is InChI=1S/C54H32O/c1-3-13-35-29-39(23-21-33(35)11-1)51-44-18-8-9-19-45(44)52(40-24-22-34-12-2-4-14-36(34)30-40)48-31-37(25-27-46(48)51)38-26-28-50-49(32-38)53-43-17-7-5-15-41(43)42-16-6-10-20-47(42)54(53)55-50/h1-32H. The van der Waals surface area contributed by atoms with Gasteiger partial charge in [0.05, 0.1) is 0 Å². The number of hydrogen-bond acceptors (Lipinski definition) is 1. The smallest absolute Gasteiger partial charge is 0.143 e. The highest BCUT2D eigenvalue weighted by atomic mass is 16.3. The van der Waals surface area contributed by atoms with E-state index in [1.165, 1.54) is 98.0 Å². The summed E-state index contributed by atoms with van der Waals surface area (Å²) in [5.41, 5.74) is 9.17. The zero-order valence-corrected chi connectivity index (χ0v) is 29.9. The molecule has 254 valence electrons. The van der Waals surface area contributed by atoms with E-state index in [1.807, 2.05) is 0 Å². The molecule has 1 aromatic heterocycles. The molecule has 0 fully saturated rings. The zero-order chi connectivity index (χ0) is 36.0. The minimum absolute atomic E-state index is 0.905. The lowest BCUT2D eigenvalue weighted by Crippen LogP contribution is -1.92. The Balaban J connectivity index is 1.16. The van der Waals surface area contributed by atoms with Crippen LogP contribution < -0.4 is 0 Å². The van der Waals surface area contributed by atoms with Crippen LogP contribution in [0, 0.1) is 0 Å². The Morgan fingerprint density at radius 3 is 1.33 bits per heavy atom. The van der Waals surface area contributed by atoms with E-state index in [0.29, 0.717) is 0 Å². The average molecular weight is 697 g/mol. The highest BCUT2D eigenvalue weighted by Gasteiger charge is 2.20. The van der Waals surface area contributed by atoms with Crippen molar-refractivity contribution in [2.75, 3.05) is 0 Å². The molecule has 11 aromatic carbocycles. The van der Waals surface area contributed by atoms with E-state index in [2.05, 4.69) is 194 Å². The van der Waals surface area contributed by atoms with Gasteiger partial charge in [-0.1, -0.05) is 164 Å². The molecule has 1 heterocycles. The number of furan rings is 1. The maximum Gasteiger partial charge on any atom is 0.143 e. The lowest BCUT2D eigenvalue weighted by atomic mass is 9.84. The molecule has 1 heteroatoms. The quantitative estimate of drug-likeness (QED) is 0.132. The van der Waals surface area contributed by atoms with Crippen molar-refractivity contribution in [3.63, 3.8) is 0 Å². The number of hydrogen-bond donors (Lipinski definition) is 0. The van der Waals surface area contributed by atoms with Crippen molar-refractivity contribution in [2.45, 2.75) is 0 Å². The van der Waals surface area contributed by atoms with Gasteiger partial charge in [-0.3, -0.25) is 0 Å². The predicted molar refractivity (Wildman–Crippen MR) is 235 cm³/mol. The van der Waals surface area contributed by atoms with Crippen molar-refractivity contribution in [3.05, 3.63) is 194 Å². The number of fused-ring (bicyclic) bond motifs is 12. The second-order valence-corrected chi connectivity index (χ2v) is 14.8. The molecule has 0 amide bonds. The van der Waals surface area contributed by atoms with Crippen molar-refractivity contribution < 1.29 is 4.42 Å². The summed E-state index contributed by atoms with van der Waals surface area (Å²) in [5.74, 6) is 0. The summed E-state index contributed by atoms with van der Waals surface area (Å²) >= 11 is 0. The van der Waals surface area contributed by atoms with E-state index >= 15 is 0 Å². The summed E-state index contributed by atoms with van der Waals surface area (Å²) in [5, 5.41) is 17.1. The van der Waals surface area contributed by atoms with Gasteiger partial charge in [-0.05, 0) is 123 Å². The SMILES string of the molecule is c1ccc2cc(-c3c4ccccc4c(-c4ccc5ccccc5c4)c4cc(-c5ccc6oc7c8ccccc8c8ccccc8c7c6c5)ccc34)ccc2c1. The van der Waals surface area contributed by atoms with Crippen molar-refractivity contribution in [3.8, 4) is 33.4 Å². The van der Waals surface area contributed by atoms with E-state index < -0.39 is 0 Å². The van der Waals surface area contributed by atoms with Gasteiger partial charge in [0, 0.05) is 16.2 Å². The van der Waals surface area contributed by atoms with Gasteiger partial charge in [0.25, 0.3) is 0 Å².